The molecule has 0 amide bonds. The highest BCUT2D eigenvalue weighted by Crippen LogP contribution is 1.92. The van der Waals surface area contributed by atoms with Gasteiger partial charge in [0, 0.05) is 13.1 Å². The molecule has 50 valence electrons. The second kappa shape index (κ2) is 3.49. The van der Waals surface area contributed by atoms with E-state index in [-0.39, 0.29) is 6.10 Å². The summed E-state index contributed by atoms with van der Waals surface area (Å²) in [5.41, 5.74) is 0. The van der Waals surface area contributed by atoms with Crippen molar-refractivity contribution in [3.63, 3.8) is 0 Å². The van der Waals surface area contributed by atoms with Gasteiger partial charge in [0.25, 0.3) is 0 Å². The molecule has 1 fully saturated rings. The van der Waals surface area contributed by atoms with Gasteiger partial charge in [-0.1, -0.05) is 5.92 Å². The van der Waals surface area contributed by atoms with Gasteiger partial charge in [-0.2, -0.15) is 0 Å². The van der Waals surface area contributed by atoms with Gasteiger partial charge in [-0.15, -0.1) is 5.92 Å². The summed E-state index contributed by atoms with van der Waals surface area (Å²) in [6.07, 6.45) is 0.128. The molecule has 1 aliphatic rings. The molecular formula is C7H11NO. The fraction of sp³-hybridized carbons (Fsp3) is 0.714. The fourth-order valence-electron chi connectivity index (χ4n) is 0.819. The lowest BCUT2D eigenvalue weighted by atomic mass is 10.3. The minimum atomic E-state index is 0.128. The maximum atomic E-state index is 5.28. The molecule has 1 atom stereocenters. The highest BCUT2D eigenvalue weighted by molar-refractivity contribution is 5.04. The zero-order valence-electron chi connectivity index (χ0n) is 5.61. The summed E-state index contributed by atoms with van der Waals surface area (Å²) in [5.74, 6) is 5.77. The van der Waals surface area contributed by atoms with Crippen molar-refractivity contribution in [1.29, 1.82) is 0 Å². The maximum absolute atomic E-state index is 5.28. The number of rotatable bonds is 0. The lowest BCUT2D eigenvalue weighted by Gasteiger charge is -2.18. The van der Waals surface area contributed by atoms with Crippen molar-refractivity contribution in [2.45, 2.75) is 13.0 Å². The molecule has 0 aromatic rings. The molecule has 0 spiro atoms. The first kappa shape index (κ1) is 6.60. The molecule has 2 nitrogen and oxygen atoms in total. The van der Waals surface area contributed by atoms with Crippen LogP contribution in [0, 0.1) is 11.8 Å². The number of morpholine rings is 1. The third kappa shape index (κ3) is 2.05. The molecule has 1 aliphatic heterocycles. The summed E-state index contributed by atoms with van der Waals surface area (Å²) < 4.78 is 5.28. The minimum absolute atomic E-state index is 0.128. The van der Waals surface area contributed by atoms with Gasteiger partial charge < -0.3 is 10.1 Å². The Bertz CT molecular complexity index is 128. The normalized spacial score (nSPS) is 26.6. The summed E-state index contributed by atoms with van der Waals surface area (Å²) >= 11 is 0. The Kier molecular flexibility index (Phi) is 2.56. The van der Waals surface area contributed by atoms with E-state index in [4.69, 9.17) is 4.74 Å². The van der Waals surface area contributed by atoms with E-state index in [1.807, 2.05) is 6.92 Å². The van der Waals surface area contributed by atoms with E-state index in [1.54, 1.807) is 0 Å². The summed E-state index contributed by atoms with van der Waals surface area (Å²) in [7, 11) is 0. The SMILES string of the molecule is CC#CC1CNCCO1. The average molecular weight is 125 g/mol. The van der Waals surface area contributed by atoms with E-state index < -0.39 is 0 Å². The molecule has 1 saturated heterocycles. The van der Waals surface area contributed by atoms with Crippen LogP contribution in [0.15, 0.2) is 0 Å². The van der Waals surface area contributed by atoms with Gasteiger partial charge in [0.05, 0.1) is 6.61 Å². The van der Waals surface area contributed by atoms with Crippen molar-refractivity contribution in [3.05, 3.63) is 0 Å². The van der Waals surface area contributed by atoms with Gasteiger partial charge in [0.2, 0.25) is 0 Å². The molecule has 0 radical (unpaired) electrons. The smallest absolute Gasteiger partial charge is 0.130 e. The van der Waals surface area contributed by atoms with E-state index in [9.17, 15) is 0 Å². The van der Waals surface area contributed by atoms with Gasteiger partial charge in [-0.05, 0) is 6.92 Å². The quantitative estimate of drug-likeness (QED) is 0.460. The summed E-state index contributed by atoms with van der Waals surface area (Å²) in [4.78, 5) is 0. The van der Waals surface area contributed by atoms with Crippen LogP contribution in [0.2, 0.25) is 0 Å². The number of ether oxygens (including phenoxy) is 1. The largest absolute Gasteiger partial charge is 0.363 e. The van der Waals surface area contributed by atoms with Crippen molar-refractivity contribution in [2.75, 3.05) is 19.7 Å². The second-order valence-electron chi connectivity index (χ2n) is 1.96. The lowest BCUT2D eigenvalue weighted by molar-refractivity contribution is 0.0651. The van der Waals surface area contributed by atoms with Gasteiger partial charge in [-0.3, -0.25) is 0 Å². The van der Waals surface area contributed by atoms with Crippen LogP contribution in [-0.2, 0) is 4.74 Å². The molecule has 1 unspecified atom stereocenters. The molecule has 1 heterocycles. The summed E-state index contributed by atoms with van der Waals surface area (Å²) in [6.45, 7) is 4.46. The molecule has 0 aromatic heterocycles. The van der Waals surface area contributed by atoms with E-state index in [0.29, 0.717) is 0 Å². The van der Waals surface area contributed by atoms with Crippen molar-refractivity contribution in [2.24, 2.45) is 0 Å². The van der Waals surface area contributed by atoms with Gasteiger partial charge in [-0.25, -0.2) is 0 Å². The Hall–Kier alpha value is -0.520. The highest BCUT2D eigenvalue weighted by atomic mass is 16.5. The molecule has 1 N–H and O–H groups in total. The van der Waals surface area contributed by atoms with Crippen LogP contribution < -0.4 is 5.32 Å². The standard InChI is InChI=1S/C7H11NO/c1-2-3-7-6-8-4-5-9-7/h7-8H,4-6H2,1H3. The molecule has 0 aliphatic carbocycles. The van der Waals surface area contributed by atoms with Crippen LogP contribution in [-0.4, -0.2) is 25.8 Å². The van der Waals surface area contributed by atoms with E-state index in [2.05, 4.69) is 17.2 Å². The summed E-state index contributed by atoms with van der Waals surface area (Å²) in [5, 5.41) is 3.19. The monoisotopic (exact) mass is 125 g/mol. The van der Waals surface area contributed by atoms with Crippen molar-refractivity contribution in [1.82, 2.24) is 5.32 Å². The fourth-order valence-corrected chi connectivity index (χ4v) is 0.819. The minimum Gasteiger partial charge on any atom is -0.363 e. The Morgan fingerprint density at radius 3 is 3.11 bits per heavy atom. The Morgan fingerprint density at radius 2 is 2.56 bits per heavy atom. The molecule has 9 heavy (non-hydrogen) atoms. The Morgan fingerprint density at radius 1 is 1.67 bits per heavy atom. The molecule has 2 heteroatoms. The van der Waals surface area contributed by atoms with Crippen LogP contribution in [0.3, 0.4) is 0 Å². The van der Waals surface area contributed by atoms with E-state index >= 15 is 0 Å². The molecule has 0 saturated carbocycles. The third-order valence-electron chi connectivity index (χ3n) is 1.23. The van der Waals surface area contributed by atoms with E-state index in [0.717, 1.165) is 19.7 Å². The van der Waals surface area contributed by atoms with E-state index in [1.165, 1.54) is 0 Å². The predicted molar refractivity (Wildman–Crippen MR) is 36.1 cm³/mol. The van der Waals surface area contributed by atoms with Gasteiger partial charge >= 0.3 is 0 Å². The topological polar surface area (TPSA) is 21.3 Å². The predicted octanol–water partition coefficient (Wildman–Crippen LogP) is -0.00190. The van der Waals surface area contributed by atoms with Crippen molar-refractivity contribution < 1.29 is 4.74 Å². The van der Waals surface area contributed by atoms with Crippen LogP contribution in [0.25, 0.3) is 0 Å². The van der Waals surface area contributed by atoms with Gasteiger partial charge in [0.15, 0.2) is 0 Å². The molecule has 1 rings (SSSR count). The number of hydrogen-bond donors (Lipinski definition) is 1. The van der Waals surface area contributed by atoms with Crippen molar-refractivity contribution >= 4 is 0 Å². The van der Waals surface area contributed by atoms with Crippen LogP contribution in [0.5, 0.6) is 0 Å². The van der Waals surface area contributed by atoms with Crippen LogP contribution >= 0.6 is 0 Å². The van der Waals surface area contributed by atoms with Crippen LogP contribution in [0.1, 0.15) is 6.92 Å². The number of nitrogens with one attached hydrogen (secondary N) is 1. The molecule has 0 aromatic carbocycles. The Balaban J connectivity index is 2.28. The molecular weight excluding hydrogens is 114 g/mol. The maximum Gasteiger partial charge on any atom is 0.130 e. The van der Waals surface area contributed by atoms with Crippen LogP contribution in [0.4, 0.5) is 0 Å². The first-order valence-corrected chi connectivity index (χ1v) is 3.18. The number of hydrogen-bond acceptors (Lipinski definition) is 2. The first-order chi connectivity index (χ1) is 4.43. The second-order valence-corrected chi connectivity index (χ2v) is 1.96. The zero-order valence-corrected chi connectivity index (χ0v) is 5.61. The summed E-state index contributed by atoms with van der Waals surface area (Å²) in [6, 6.07) is 0. The first-order valence-electron chi connectivity index (χ1n) is 3.18. The Labute approximate surface area is 55.6 Å². The van der Waals surface area contributed by atoms with Gasteiger partial charge in [0.1, 0.15) is 6.10 Å². The van der Waals surface area contributed by atoms with Crippen molar-refractivity contribution in [3.8, 4) is 11.8 Å². The molecule has 0 bridgehead atoms. The zero-order chi connectivity index (χ0) is 6.53. The third-order valence-corrected chi connectivity index (χ3v) is 1.23. The average Bonchev–Trinajstić information content (AvgIpc) is 1.91. The highest BCUT2D eigenvalue weighted by Gasteiger charge is 2.08. The lowest BCUT2D eigenvalue weighted by Crippen LogP contribution is -2.37.